The molecule has 2 aromatic rings. The summed E-state index contributed by atoms with van der Waals surface area (Å²) < 4.78 is 5.19. The van der Waals surface area contributed by atoms with Gasteiger partial charge in [0.15, 0.2) is 0 Å². The molecule has 1 amide bonds. The zero-order valence-electron chi connectivity index (χ0n) is 13.4. The van der Waals surface area contributed by atoms with E-state index in [0.717, 1.165) is 44.0 Å². The van der Waals surface area contributed by atoms with Crippen LogP contribution in [0.4, 0.5) is 0 Å². The van der Waals surface area contributed by atoms with Crippen molar-refractivity contribution >= 4 is 5.91 Å². The Labute approximate surface area is 136 Å². The van der Waals surface area contributed by atoms with Crippen LogP contribution in [0.5, 0.6) is 5.75 Å². The number of nitrogens with zero attached hydrogens (tertiary/aromatic N) is 2. The molecule has 1 N–H and O–H groups in total. The highest BCUT2D eigenvalue weighted by atomic mass is 16.5. The molecule has 3 rings (SSSR count). The Morgan fingerprint density at radius 2 is 1.78 bits per heavy atom. The van der Waals surface area contributed by atoms with Crippen molar-refractivity contribution in [3.05, 3.63) is 59.9 Å². The lowest BCUT2D eigenvalue weighted by molar-refractivity contribution is -0.917. The van der Waals surface area contributed by atoms with E-state index in [1.54, 1.807) is 31.6 Å². The Hall–Kier alpha value is -2.40. The van der Waals surface area contributed by atoms with Crippen LogP contribution in [0, 0.1) is 0 Å². The number of quaternary nitrogens is 1. The van der Waals surface area contributed by atoms with Crippen LogP contribution in [-0.4, -0.2) is 49.1 Å². The van der Waals surface area contributed by atoms with E-state index in [0.29, 0.717) is 0 Å². The van der Waals surface area contributed by atoms with E-state index in [2.05, 4.69) is 17.1 Å². The average molecular weight is 312 g/mol. The van der Waals surface area contributed by atoms with E-state index >= 15 is 0 Å². The maximum atomic E-state index is 12.4. The van der Waals surface area contributed by atoms with Gasteiger partial charge in [-0.15, -0.1) is 0 Å². The number of ether oxygens (including phenoxy) is 1. The van der Waals surface area contributed by atoms with Gasteiger partial charge in [-0.2, -0.15) is 0 Å². The lowest BCUT2D eigenvalue weighted by Gasteiger charge is -2.32. The second-order valence-corrected chi connectivity index (χ2v) is 5.80. The number of methoxy groups -OCH3 is 1. The topological polar surface area (TPSA) is 46.9 Å². The fourth-order valence-electron chi connectivity index (χ4n) is 2.91. The Balaban J connectivity index is 1.53. The minimum absolute atomic E-state index is 0.107. The largest absolute Gasteiger partial charge is 0.497 e. The van der Waals surface area contributed by atoms with Crippen LogP contribution in [0.25, 0.3) is 0 Å². The zero-order valence-corrected chi connectivity index (χ0v) is 13.4. The lowest BCUT2D eigenvalue weighted by Crippen LogP contribution is -3.13. The van der Waals surface area contributed by atoms with Gasteiger partial charge in [0.1, 0.15) is 12.3 Å². The molecule has 1 aromatic heterocycles. The number of carbonyl (C=O) groups excluding carboxylic acids is 1. The van der Waals surface area contributed by atoms with Crippen LogP contribution in [0.15, 0.2) is 48.8 Å². The van der Waals surface area contributed by atoms with Crippen molar-refractivity contribution in [2.75, 3.05) is 33.3 Å². The molecule has 1 aliphatic heterocycles. The van der Waals surface area contributed by atoms with Crippen LogP contribution < -0.4 is 9.64 Å². The summed E-state index contributed by atoms with van der Waals surface area (Å²) in [4.78, 5) is 19.8. The molecule has 0 spiro atoms. The van der Waals surface area contributed by atoms with Crippen molar-refractivity contribution in [2.45, 2.75) is 6.54 Å². The van der Waals surface area contributed by atoms with Gasteiger partial charge >= 0.3 is 0 Å². The molecule has 1 fully saturated rings. The van der Waals surface area contributed by atoms with Gasteiger partial charge in [0.2, 0.25) is 0 Å². The molecule has 0 bridgehead atoms. The Kier molecular flexibility index (Phi) is 4.88. The predicted octanol–water partition coefficient (Wildman–Crippen LogP) is 0.631. The van der Waals surface area contributed by atoms with Gasteiger partial charge in [-0.1, -0.05) is 0 Å². The molecule has 0 radical (unpaired) electrons. The fourth-order valence-corrected chi connectivity index (χ4v) is 2.91. The number of nitrogens with one attached hydrogen (secondary N) is 1. The number of hydrogen-bond acceptors (Lipinski definition) is 3. The van der Waals surface area contributed by atoms with Gasteiger partial charge < -0.3 is 14.5 Å². The Morgan fingerprint density at radius 1 is 1.13 bits per heavy atom. The lowest BCUT2D eigenvalue weighted by atomic mass is 10.1. The van der Waals surface area contributed by atoms with E-state index < -0.39 is 0 Å². The monoisotopic (exact) mass is 312 g/mol. The van der Waals surface area contributed by atoms with Gasteiger partial charge in [0.25, 0.3) is 5.91 Å². The molecule has 0 atom stereocenters. The average Bonchev–Trinajstić information content (AvgIpc) is 2.63. The molecule has 120 valence electrons. The van der Waals surface area contributed by atoms with Crippen molar-refractivity contribution in [1.82, 2.24) is 9.88 Å². The molecule has 1 aromatic carbocycles. The number of benzene rings is 1. The first kappa shape index (κ1) is 15.5. The number of hydrogen-bond donors (Lipinski definition) is 1. The molecule has 0 unspecified atom stereocenters. The van der Waals surface area contributed by atoms with Crippen LogP contribution >= 0.6 is 0 Å². The summed E-state index contributed by atoms with van der Waals surface area (Å²) in [6, 6.07) is 11.8. The smallest absolute Gasteiger partial charge is 0.254 e. The normalized spacial score (nSPS) is 15.4. The van der Waals surface area contributed by atoms with E-state index in [1.807, 2.05) is 17.0 Å². The van der Waals surface area contributed by atoms with Gasteiger partial charge in [0.05, 0.1) is 33.3 Å². The molecule has 2 heterocycles. The first-order chi connectivity index (χ1) is 11.3. The maximum Gasteiger partial charge on any atom is 0.254 e. The summed E-state index contributed by atoms with van der Waals surface area (Å²) in [5, 5.41) is 0. The Morgan fingerprint density at radius 3 is 2.39 bits per heavy atom. The minimum Gasteiger partial charge on any atom is -0.497 e. The van der Waals surface area contributed by atoms with Crippen molar-refractivity contribution in [1.29, 1.82) is 0 Å². The molecule has 1 aliphatic rings. The van der Waals surface area contributed by atoms with E-state index in [1.165, 1.54) is 10.5 Å². The van der Waals surface area contributed by atoms with E-state index in [4.69, 9.17) is 4.74 Å². The van der Waals surface area contributed by atoms with Crippen LogP contribution in [0.1, 0.15) is 15.9 Å². The van der Waals surface area contributed by atoms with Crippen molar-refractivity contribution in [2.24, 2.45) is 0 Å². The van der Waals surface area contributed by atoms with E-state index in [9.17, 15) is 4.79 Å². The highest BCUT2D eigenvalue weighted by Gasteiger charge is 2.24. The van der Waals surface area contributed by atoms with Crippen LogP contribution in [0.2, 0.25) is 0 Å². The first-order valence-corrected chi connectivity index (χ1v) is 7.92. The first-order valence-electron chi connectivity index (χ1n) is 7.92. The molecule has 23 heavy (non-hydrogen) atoms. The second kappa shape index (κ2) is 7.24. The minimum atomic E-state index is 0.107. The van der Waals surface area contributed by atoms with E-state index in [-0.39, 0.29) is 5.91 Å². The second-order valence-electron chi connectivity index (χ2n) is 5.80. The SMILES string of the molecule is COc1ccc(C[NH+]2CCN(C(=O)c3ccncc3)CC2)cc1. The highest BCUT2D eigenvalue weighted by molar-refractivity contribution is 5.94. The molecule has 5 nitrogen and oxygen atoms in total. The fraction of sp³-hybridized carbons (Fsp3) is 0.333. The number of piperazine rings is 1. The molecular weight excluding hydrogens is 290 g/mol. The number of rotatable bonds is 4. The predicted molar refractivity (Wildman–Crippen MR) is 87.5 cm³/mol. The highest BCUT2D eigenvalue weighted by Crippen LogP contribution is 2.10. The summed E-state index contributed by atoms with van der Waals surface area (Å²) in [6.07, 6.45) is 3.33. The van der Waals surface area contributed by atoms with Crippen LogP contribution in [-0.2, 0) is 6.54 Å². The molecule has 5 heteroatoms. The molecule has 0 saturated carbocycles. The summed E-state index contributed by atoms with van der Waals surface area (Å²) in [6.45, 7) is 4.53. The van der Waals surface area contributed by atoms with Crippen molar-refractivity contribution < 1.29 is 14.4 Å². The standard InChI is InChI=1S/C18H21N3O2/c1-23-17-4-2-15(3-5-17)14-20-10-12-21(13-11-20)18(22)16-6-8-19-9-7-16/h2-9H,10-14H2,1H3/p+1. The third kappa shape index (κ3) is 3.87. The summed E-state index contributed by atoms with van der Waals surface area (Å²) in [5.74, 6) is 0.993. The molecule has 1 saturated heterocycles. The van der Waals surface area contributed by atoms with Crippen molar-refractivity contribution in [3.63, 3.8) is 0 Å². The summed E-state index contributed by atoms with van der Waals surface area (Å²) in [5.41, 5.74) is 2.02. The van der Waals surface area contributed by atoms with Gasteiger partial charge in [-0.3, -0.25) is 9.78 Å². The van der Waals surface area contributed by atoms with Gasteiger partial charge in [0, 0.05) is 23.5 Å². The third-order valence-corrected chi connectivity index (χ3v) is 4.30. The van der Waals surface area contributed by atoms with Crippen LogP contribution in [0.3, 0.4) is 0 Å². The van der Waals surface area contributed by atoms with Gasteiger partial charge in [-0.05, 0) is 36.4 Å². The Bertz CT molecular complexity index is 635. The molecule has 0 aliphatic carbocycles. The number of amides is 1. The van der Waals surface area contributed by atoms with Gasteiger partial charge in [-0.25, -0.2) is 0 Å². The molecular formula is C18H22N3O2+. The number of carbonyl (C=O) groups is 1. The summed E-state index contributed by atoms with van der Waals surface area (Å²) in [7, 11) is 1.68. The maximum absolute atomic E-state index is 12.4. The zero-order chi connectivity index (χ0) is 16.1. The van der Waals surface area contributed by atoms with Crippen molar-refractivity contribution in [3.8, 4) is 5.75 Å². The third-order valence-electron chi connectivity index (χ3n) is 4.30. The quantitative estimate of drug-likeness (QED) is 0.901. The number of pyridine rings is 1. The summed E-state index contributed by atoms with van der Waals surface area (Å²) >= 11 is 0. The number of aromatic nitrogens is 1.